The summed E-state index contributed by atoms with van der Waals surface area (Å²) >= 11 is 0. The number of nitrogens with zero attached hydrogens (tertiary/aromatic N) is 4. The van der Waals surface area contributed by atoms with E-state index >= 15 is 0 Å². The van der Waals surface area contributed by atoms with Crippen molar-refractivity contribution in [2.45, 2.75) is 33.4 Å². The number of aromatic nitrogens is 2. The van der Waals surface area contributed by atoms with E-state index in [1.54, 1.807) is 13.2 Å². The fraction of sp³-hybridized carbons (Fsp3) is 0.524. The molecule has 0 saturated carbocycles. The van der Waals surface area contributed by atoms with Crippen LogP contribution in [0.2, 0.25) is 0 Å². The maximum Gasteiger partial charge on any atom is 0.191 e. The maximum absolute atomic E-state index is 5.83. The summed E-state index contributed by atoms with van der Waals surface area (Å²) in [5.41, 5.74) is 1.19. The fourth-order valence-electron chi connectivity index (χ4n) is 2.82. The van der Waals surface area contributed by atoms with Gasteiger partial charge in [0.1, 0.15) is 12.4 Å². The number of aryl methyl sites for hydroxylation is 1. The lowest BCUT2D eigenvalue weighted by atomic mass is 10.2. The number of likely N-dealkylation sites (N-methyl/N-ethyl adjacent to an activating group) is 1. The minimum Gasteiger partial charge on any atom is -0.492 e. The van der Waals surface area contributed by atoms with Crippen molar-refractivity contribution in [1.29, 1.82) is 0 Å². The molecular formula is C21H34N6O. The maximum atomic E-state index is 5.83. The molecule has 1 heterocycles. The summed E-state index contributed by atoms with van der Waals surface area (Å²) in [6, 6.07) is 10.2. The number of aliphatic imine (C=N–C) groups is 1. The third-order valence-corrected chi connectivity index (χ3v) is 4.59. The van der Waals surface area contributed by atoms with Crippen LogP contribution in [0.15, 0.2) is 47.7 Å². The molecule has 7 nitrogen and oxygen atoms in total. The van der Waals surface area contributed by atoms with Crippen molar-refractivity contribution in [1.82, 2.24) is 25.3 Å². The van der Waals surface area contributed by atoms with Gasteiger partial charge in [0, 0.05) is 45.6 Å². The van der Waals surface area contributed by atoms with E-state index in [0.29, 0.717) is 6.61 Å². The van der Waals surface area contributed by atoms with Gasteiger partial charge >= 0.3 is 0 Å². The Labute approximate surface area is 168 Å². The normalized spacial score (nSPS) is 11.6. The van der Waals surface area contributed by atoms with Crippen LogP contribution in [-0.4, -0.2) is 60.5 Å². The van der Waals surface area contributed by atoms with E-state index in [1.807, 2.05) is 29.1 Å². The van der Waals surface area contributed by atoms with Crippen LogP contribution in [0, 0.1) is 0 Å². The van der Waals surface area contributed by atoms with Crippen molar-refractivity contribution in [3.8, 4) is 5.75 Å². The molecule has 7 heteroatoms. The third-order valence-electron chi connectivity index (χ3n) is 4.59. The Morgan fingerprint density at radius 3 is 2.61 bits per heavy atom. The van der Waals surface area contributed by atoms with Gasteiger partial charge in [0.05, 0.1) is 0 Å². The quantitative estimate of drug-likeness (QED) is 0.333. The van der Waals surface area contributed by atoms with Crippen molar-refractivity contribution in [3.05, 3.63) is 48.3 Å². The van der Waals surface area contributed by atoms with Crippen LogP contribution in [0.1, 0.15) is 25.8 Å². The number of hydrogen-bond acceptors (Lipinski definition) is 4. The third kappa shape index (κ3) is 8.00. The van der Waals surface area contributed by atoms with Gasteiger partial charge in [0.15, 0.2) is 5.96 Å². The summed E-state index contributed by atoms with van der Waals surface area (Å²) in [5, 5.41) is 10.9. The van der Waals surface area contributed by atoms with Gasteiger partial charge < -0.3 is 20.3 Å². The molecule has 1 aromatic carbocycles. The lowest BCUT2D eigenvalue weighted by Gasteiger charge is -2.18. The second-order valence-electron chi connectivity index (χ2n) is 6.49. The molecule has 28 heavy (non-hydrogen) atoms. The second-order valence-corrected chi connectivity index (χ2v) is 6.49. The largest absolute Gasteiger partial charge is 0.492 e. The topological polar surface area (TPSA) is 66.7 Å². The molecule has 0 aliphatic carbocycles. The molecule has 0 aliphatic rings. The molecule has 0 aliphatic heterocycles. The zero-order valence-electron chi connectivity index (χ0n) is 17.4. The molecule has 2 aromatic rings. The minimum absolute atomic E-state index is 0.717. The highest BCUT2D eigenvalue weighted by molar-refractivity contribution is 5.79. The highest BCUT2D eigenvalue weighted by atomic mass is 16.5. The molecule has 2 rings (SSSR count). The van der Waals surface area contributed by atoms with E-state index in [9.17, 15) is 0 Å². The molecule has 0 amide bonds. The molecule has 0 fully saturated rings. The molecule has 0 radical (unpaired) electrons. The van der Waals surface area contributed by atoms with E-state index < -0.39 is 0 Å². The van der Waals surface area contributed by atoms with E-state index in [0.717, 1.165) is 57.4 Å². The SMILES string of the molecule is CCN(CC)CCOc1ccc(CNC(=NC)NCCCn2cccn2)cc1. The van der Waals surface area contributed by atoms with Crippen LogP contribution in [0.25, 0.3) is 0 Å². The standard InChI is InChI=1S/C21H34N6O/c1-4-26(5-2)16-17-28-20-10-8-19(9-11-20)18-24-21(22-3)23-12-6-14-27-15-7-13-25-27/h7-11,13,15H,4-6,12,14,16-18H2,1-3H3,(H2,22,23,24). The highest BCUT2D eigenvalue weighted by Crippen LogP contribution is 2.12. The Balaban J connectivity index is 1.65. The summed E-state index contributed by atoms with van der Waals surface area (Å²) in [6.45, 7) is 10.6. The Bertz CT molecular complexity index is 665. The van der Waals surface area contributed by atoms with Gasteiger partial charge in [-0.05, 0) is 43.3 Å². The van der Waals surface area contributed by atoms with Crippen LogP contribution in [0.4, 0.5) is 0 Å². The summed E-state index contributed by atoms with van der Waals surface area (Å²) in [7, 11) is 1.79. The van der Waals surface area contributed by atoms with Gasteiger partial charge in [-0.15, -0.1) is 0 Å². The van der Waals surface area contributed by atoms with Gasteiger partial charge in [-0.2, -0.15) is 5.10 Å². The van der Waals surface area contributed by atoms with Crippen molar-refractivity contribution >= 4 is 5.96 Å². The zero-order chi connectivity index (χ0) is 20.0. The van der Waals surface area contributed by atoms with Gasteiger partial charge in [-0.3, -0.25) is 9.67 Å². The predicted molar refractivity (Wildman–Crippen MR) is 115 cm³/mol. The number of ether oxygens (including phenoxy) is 1. The lowest BCUT2D eigenvalue weighted by Crippen LogP contribution is -2.37. The smallest absolute Gasteiger partial charge is 0.191 e. The van der Waals surface area contributed by atoms with E-state index in [-0.39, 0.29) is 0 Å². The first-order valence-electron chi connectivity index (χ1n) is 10.1. The molecule has 154 valence electrons. The van der Waals surface area contributed by atoms with Crippen LogP contribution < -0.4 is 15.4 Å². The van der Waals surface area contributed by atoms with Crippen molar-refractivity contribution in [2.24, 2.45) is 4.99 Å². The van der Waals surface area contributed by atoms with Gasteiger partial charge in [-0.25, -0.2) is 0 Å². The van der Waals surface area contributed by atoms with E-state index in [1.165, 1.54) is 5.56 Å². The first-order chi connectivity index (χ1) is 13.7. The molecule has 1 aromatic heterocycles. The first kappa shape index (κ1) is 21.8. The number of guanidine groups is 1. The Morgan fingerprint density at radius 2 is 1.96 bits per heavy atom. The van der Waals surface area contributed by atoms with Gasteiger partial charge in [-0.1, -0.05) is 26.0 Å². The highest BCUT2D eigenvalue weighted by Gasteiger charge is 2.01. The summed E-state index contributed by atoms with van der Waals surface area (Å²) in [5.74, 6) is 1.72. The number of rotatable bonds is 12. The molecule has 0 saturated heterocycles. The molecular weight excluding hydrogens is 352 g/mol. The zero-order valence-corrected chi connectivity index (χ0v) is 17.4. The van der Waals surface area contributed by atoms with Crippen LogP contribution >= 0.6 is 0 Å². The minimum atomic E-state index is 0.717. The number of benzene rings is 1. The average molecular weight is 387 g/mol. The first-order valence-corrected chi connectivity index (χ1v) is 10.1. The second kappa shape index (κ2) is 12.8. The Kier molecular flexibility index (Phi) is 9.93. The van der Waals surface area contributed by atoms with Crippen molar-refractivity contribution in [2.75, 3.05) is 39.8 Å². The summed E-state index contributed by atoms with van der Waals surface area (Å²) < 4.78 is 7.77. The van der Waals surface area contributed by atoms with E-state index in [2.05, 4.69) is 51.6 Å². The molecule has 2 N–H and O–H groups in total. The van der Waals surface area contributed by atoms with Gasteiger partial charge in [0.25, 0.3) is 0 Å². The van der Waals surface area contributed by atoms with E-state index in [4.69, 9.17) is 4.74 Å². The molecule has 0 bridgehead atoms. The fourth-order valence-corrected chi connectivity index (χ4v) is 2.82. The molecule has 0 spiro atoms. The Hall–Kier alpha value is -2.54. The van der Waals surface area contributed by atoms with Crippen LogP contribution in [0.5, 0.6) is 5.75 Å². The Morgan fingerprint density at radius 1 is 1.18 bits per heavy atom. The average Bonchev–Trinajstić information content (AvgIpc) is 3.25. The number of hydrogen-bond donors (Lipinski definition) is 2. The van der Waals surface area contributed by atoms with Crippen molar-refractivity contribution in [3.63, 3.8) is 0 Å². The lowest BCUT2D eigenvalue weighted by molar-refractivity contribution is 0.223. The van der Waals surface area contributed by atoms with Gasteiger partial charge in [0.2, 0.25) is 0 Å². The van der Waals surface area contributed by atoms with Crippen molar-refractivity contribution < 1.29 is 4.74 Å². The van der Waals surface area contributed by atoms with Crippen LogP contribution in [0.3, 0.4) is 0 Å². The summed E-state index contributed by atoms with van der Waals surface area (Å²) in [6.07, 6.45) is 4.77. The number of nitrogens with one attached hydrogen (secondary N) is 2. The summed E-state index contributed by atoms with van der Waals surface area (Å²) in [4.78, 5) is 6.62. The predicted octanol–water partition coefficient (Wildman–Crippen LogP) is 2.36. The molecule has 0 unspecified atom stereocenters. The molecule has 0 atom stereocenters. The monoisotopic (exact) mass is 386 g/mol. The van der Waals surface area contributed by atoms with Crippen LogP contribution in [-0.2, 0) is 13.1 Å².